The lowest BCUT2D eigenvalue weighted by Crippen LogP contribution is -2.22. The highest BCUT2D eigenvalue weighted by Crippen LogP contribution is 2.61. The van der Waals surface area contributed by atoms with Gasteiger partial charge in [-0.05, 0) is 37.5 Å². The molecule has 2 unspecified atom stereocenters. The third kappa shape index (κ3) is 0.815. The summed E-state index contributed by atoms with van der Waals surface area (Å²) < 4.78 is 0. The Morgan fingerprint density at radius 2 is 1.83 bits per heavy atom. The van der Waals surface area contributed by atoms with Crippen LogP contribution in [0.1, 0.15) is 51.4 Å². The number of hydrogen-bond donors (Lipinski definition) is 0. The van der Waals surface area contributed by atoms with E-state index < -0.39 is 0 Å². The maximum Gasteiger partial charge on any atom is 0.101 e. The van der Waals surface area contributed by atoms with Crippen LogP contribution >= 0.6 is 0 Å². The molecule has 3 saturated carbocycles. The van der Waals surface area contributed by atoms with Crippen molar-refractivity contribution in [3.05, 3.63) is 6.42 Å². The molecule has 2 atom stereocenters. The van der Waals surface area contributed by atoms with Crippen molar-refractivity contribution in [2.45, 2.75) is 51.4 Å². The van der Waals surface area contributed by atoms with Crippen molar-refractivity contribution in [1.29, 1.82) is 0 Å². The summed E-state index contributed by atoms with van der Waals surface area (Å²) in [7, 11) is 0. The Morgan fingerprint density at radius 1 is 1.00 bits per heavy atom. The van der Waals surface area contributed by atoms with Gasteiger partial charge in [-0.2, -0.15) is 0 Å². The number of fused-ring (bicyclic) bond motifs is 2. The lowest BCUT2D eigenvalue weighted by atomic mass is 9.75. The van der Waals surface area contributed by atoms with Gasteiger partial charge in [0, 0.05) is 5.92 Å². The second-order valence-electron chi connectivity index (χ2n) is 5.19. The second kappa shape index (κ2) is 2.43. The highest BCUT2D eigenvalue weighted by Gasteiger charge is 2.54. The Labute approximate surface area is 75.7 Å². The van der Waals surface area contributed by atoms with Crippen molar-refractivity contribution in [3.8, 4) is 0 Å². The van der Waals surface area contributed by atoms with Gasteiger partial charge in [0.15, 0.2) is 0 Å². The zero-order valence-corrected chi connectivity index (χ0v) is 7.89. The fourth-order valence-electron chi connectivity index (χ4n) is 4.29. The highest BCUT2D eigenvalue weighted by molar-refractivity contribution is 5.06. The zero-order chi connectivity index (χ0) is 8.02. The van der Waals surface area contributed by atoms with E-state index in [9.17, 15) is 0 Å². The van der Waals surface area contributed by atoms with Gasteiger partial charge in [-0.15, -0.1) is 0 Å². The van der Waals surface area contributed by atoms with Gasteiger partial charge in [0.05, 0.1) is 12.8 Å². The molecule has 0 saturated heterocycles. The van der Waals surface area contributed by atoms with E-state index in [1.807, 2.05) is 0 Å². The minimum Gasteiger partial charge on any atom is -0.0527 e. The van der Waals surface area contributed by atoms with Crippen LogP contribution in [0.5, 0.6) is 0 Å². The topological polar surface area (TPSA) is 0 Å². The van der Waals surface area contributed by atoms with Gasteiger partial charge in [0.1, 0.15) is 5.92 Å². The fraction of sp³-hybridized carbons (Fsp3) is 0.917. The predicted molar refractivity (Wildman–Crippen MR) is 50.6 cm³/mol. The lowest BCUT2D eigenvalue weighted by Gasteiger charge is -2.28. The average molecular weight is 163 g/mol. The summed E-state index contributed by atoms with van der Waals surface area (Å²) in [5.41, 5.74) is 0.859. The third-order valence-electron chi connectivity index (χ3n) is 4.83. The van der Waals surface area contributed by atoms with E-state index in [-0.39, 0.29) is 0 Å². The van der Waals surface area contributed by atoms with Crippen molar-refractivity contribution < 1.29 is 0 Å². The molecule has 0 radical (unpaired) electrons. The summed E-state index contributed by atoms with van der Waals surface area (Å²) in [5, 5.41) is 0. The van der Waals surface area contributed by atoms with E-state index >= 15 is 0 Å². The van der Waals surface area contributed by atoms with Gasteiger partial charge in [0.25, 0.3) is 0 Å². The number of hydrogen-bond acceptors (Lipinski definition) is 0. The molecule has 0 heterocycles. The van der Waals surface area contributed by atoms with Crippen molar-refractivity contribution in [2.75, 3.05) is 0 Å². The van der Waals surface area contributed by atoms with E-state index in [4.69, 9.17) is 0 Å². The van der Waals surface area contributed by atoms with Crippen LogP contribution in [0.4, 0.5) is 0 Å². The van der Waals surface area contributed by atoms with Gasteiger partial charge in [-0.3, -0.25) is 0 Å². The van der Waals surface area contributed by atoms with Crippen molar-refractivity contribution in [1.82, 2.24) is 0 Å². The highest BCUT2D eigenvalue weighted by atomic mass is 14.6. The minimum absolute atomic E-state index is 0.859. The van der Waals surface area contributed by atoms with Crippen LogP contribution in [0.2, 0.25) is 0 Å². The molecule has 3 aliphatic rings. The first-order valence-corrected chi connectivity index (χ1v) is 5.74. The Hall–Kier alpha value is -0.130. The van der Waals surface area contributed by atoms with Crippen molar-refractivity contribution in [3.63, 3.8) is 0 Å². The first kappa shape index (κ1) is 7.29. The summed E-state index contributed by atoms with van der Waals surface area (Å²) in [6.45, 7) is 0. The molecular formula is C12H19+. The summed E-state index contributed by atoms with van der Waals surface area (Å²) in [6, 6.07) is 0. The van der Waals surface area contributed by atoms with Crippen molar-refractivity contribution >= 4 is 0 Å². The summed E-state index contributed by atoms with van der Waals surface area (Å²) >= 11 is 0. The van der Waals surface area contributed by atoms with Crippen LogP contribution in [-0.2, 0) is 0 Å². The molecule has 3 aliphatic carbocycles. The minimum atomic E-state index is 0.859. The molecule has 0 aromatic heterocycles. The molecule has 0 N–H and O–H groups in total. The molecular weight excluding hydrogens is 144 g/mol. The van der Waals surface area contributed by atoms with E-state index in [1.54, 1.807) is 19.3 Å². The quantitative estimate of drug-likeness (QED) is 0.479. The SMILES string of the molecule is [CH+]1CCC2C1CCC21CCCC1. The first-order chi connectivity index (χ1) is 5.91. The van der Waals surface area contributed by atoms with Crippen molar-refractivity contribution in [2.24, 2.45) is 17.3 Å². The van der Waals surface area contributed by atoms with E-state index in [1.165, 1.54) is 32.1 Å². The van der Waals surface area contributed by atoms with Gasteiger partial charge < -0.3 is 0 Å². The van der Waals surface area contributed by atoms with Gasteiger partial charge in [0.2, 0.25) is 0 Å². The Balaban J connectivity index is 1.86. The molecule has 3 rings (SSSR count). The largest absolute Gasteiger partial charge is 0.101 e. The monoisotopic (exact) mass is 163 g/mol. The molecule has 3 fully saturated rings. The van der Waals surface area contributed by atoms with Gasteiger partial charge >= 0.3 is 0 Å². The second-order valence-corrected chi connectivity index (χ2v) is 5.19. The molecule has 1 spiro atoms. The Morgan fingerprint density at radius 3 is 2.67 bits per heavy atom. The fourth-order valence-corrected chi connectivity index (χ4v) is 4.29. The Bertz CT molecular complexity index is 176. The maximum absolute atomic E-state index is 2.62. The molecule has 0 bridgehead atoms. The van der Waals surface area contributed by atoms with E-state index in [0.29, 0.717) is 0 Å². The Kier molecular flexibility index (Phi) is 1.48. The normalized spacial score (nSPS) is 43.3. The summed E-state index contributed by atoms with van der Waals surface area (Å²) in [5.74, 6) is 2.17. The van der Waals surface area contributed by atoms with Crippen LogP contribution < -0.4 is 0 Å². The lowest BCUT2D eigenvalue weighted by molar-refractivity contribution is 0.195. The molecule has 0 heteroatoms. The summed E-state index contributed by atoms with van der Waals surface area (Å²) in [4.78, 5) is 0. The van der Waals surface area contributed by atoms with E-state index in [0.717, 1.165) is 17.3 Å². The van der Waals surface area contributed by atoms with Gasteiger partial charge in [-0.25, -0.2) is 0 Å². The van der Waals surface area contributed by atoms with Crippen LogP contribution in [0.3, 0.4) is 0 Å². The average Bonchev–Trinajstić information content (AvgIpc) is 2.76. The van der Waals surface area contributed by atoms with Crippen LogP contribution in [0, 0.1) is 23.7 Å². The standard InChI is InChI=1S/C12H19/c1-2-8-12(7-1)9-6-10-4-3-5-11(10)12/h4,10-11H,1-3,5-9H2/q+1. The van der Waals surface area contributed by atoms with E-state index in [2.05, 4.69) is 6.42 Å². The van der Waals surface area contributed by atoms with Crippen LogP contribution in [-0.4, -0.2) is 0 Å². The summed E-state index contributed by atoms with van der Waals surface area (Å²) in [6.07, 6.45) is 14.9. The molecule has 0 nitrogen and oxygen atoms in total. The molecule has 0 aromatic carbocycles. The van der Waals surface area contributed by atoms with Crippen LogP contribution in [0.25, 0.3) is 0 Å². The van der Waals surface area contributed by atoms with Gasteiger partial charge in [-0.1, -0.05) is 12.8 Å². The molecule has 66 valence electrons. The smallest absolute Gasteiger partial charge is 0.0527 e. The zero-order valence-electron chi connectivity index (χ0n) is 7.89. The third-order valence-corrected chi connectivity index (χ3v) is 4.83. The number of rotatable bonds is 0. The first-order valence-electron chi connectivity index (χ1n) is 5.74. The molecule has 12 heavy (non-hydrogen) atoms. The maximum atomic E-state index is 2.62. The molecule has 0 amide bonds. The van der Waals surface area contributed by atoms with Crippen LogP contribution in [0.15, 0.2) is 0 Å². The molecule has 0 aliphatic heterocycles. The molecule has 0 aromatic rings. The predicted octanol–water partition coefficient (Wildman–Crippen LogP) is 3.57.